The van der Waals surface area contributed by atoms with Crippen molar-refractivity contribution in [1.29, 1.82) is 0 Å². The molecule has 17 heavy (non-hydrogen) atoms. The van der Waals surface area contributed by atoms with Gasteiger partial charge in [0.1, 0.15) is 6.61 Å². The van der Waals surface area contributed by atoms with Gasteiger partial charge in [0.25, 0.3) is 0 Å². The zero-order valence-electron chi connectivity index (χ0n) is 10.2. The molecule has 0 aromatic heterocycles. The van der Waals surface area contributed by atoms with Gasteiger partial charge in [-0.25, -0.2) is 4.79 Å². The average molecular weight is 244 g/mol. The van der Waals surface area contributed by atoms with Crippen molar-refractivity contribution in [3.8, 4) is 0 Å². The quantitative estimate of drug-likeness (QED) is 0.762. The van der Waals surface area contributed by atoms with E-state index in [1.54, 1.807) is 9.80 Å². The standard InChI is InChI=1S/C11H20N2O4/c1-2-10(15)12-4-3-5-13(7-6-12)11(16)17-9-8-14/h14H,2-9H2,1H3. The van der Waals surface area contributed by atoms with Crippen molar-refractivity contribution >= 4 is 12.0 Å². The van der Waals surface area contributed by atoms with Crippen LogP contribution in [0.15, 0.2) is 0 Å². The van der Waals surface area contributed by atoms with E-state index in [0.717, 1.165) is 6.42 Å². The summed E-state index contributed by atoms with van der Waals surface area (Å²) in [7, 11) is 0. The topological polar surface area (TPSA) is 70.1 Å². The van der Waals surface area contributed by atoms with Crippen molar-refractivity contribution in [2.75, 3.05) is 39.4 Å². The van der Waals surface area contributed by atoms with E-state index in [9.17, 15) is 9.59 Å². The van der Waals surface area contributed by atoms with Crippen molar-refractivity contribution in [2.45, 2.75) is 19.8 Å². The summed E-state index contributed by atoms with van der Waals surface area (Å²) in [6.07, 6.45) is 0.847. The smallest absolute Gasteiger partial charge is 0.409 e. The lowest BCUT2D eigenvalue weighted by atomic mass is 10.3. The Morgan fingerprint density at radius 2 is 1.82 bits per heavy atom. The predicted octanol–water partition coefficient (Wildman–Crippen LogP) is 0.0596. The Balaban J connectivity index is 2.41. The number of hydrogen-bond acceptors (Lipinski definition) is 4. The molecule has 0 unspecified atom stereocenters. The van der Waals surface area contributed by atoms with E-state index in [0.29, 0.717) is 32.6 Å². The van der Waals surface area contributed by atoms with E-state index in [1.165, 1.54) is 0 Å². The minimum atomic E-state index is -0.412. The summed E-state index contributed by atoms with van der Waals surface area (Å²) in [5.74, 6) is 0.121. The van der Waals surface area contributed by atoms with Gasteiger partial charge < -0.3 is 19.6 Å². The number of ether oxygens (including phenoxy) is 1. The summed E-state index contributed by atoms with van der Waals surface area (Å²) in [6.45, 7) is 4.03. The predicted molar refractivity (Wildman–Crippen MR) is 61.5 cm³/mol. The summed E-state index contributed by atoms with van der Waals surface area (Å²) in [5.41, 5.74) is 0. The van der Waals surface area contributed by atoms with E-state index in [2.05, 4.69) is 0 Å². The second kappa shape index (κ2) is 7.11. The van der Waals surface area contributed by atoms with Gasteiger partial charge in [0, 0.05) is 32.6 Å². The lowest BCUT2D eigenvalue weighted by molar-refractivity contribution is -0.130. The Morgan fingerprint density at radius 1 is 1.18 bits per heavy atom. The zero-order valence-corrected chi connectivity index (χ0v) is 10.2. The molecule has 1 rings (SSSR count). The maximum absolute atomic E-state index is 11.5. The first-order valence-corrected chi connectivity index (χ1v) is 5.99. The normalized spacial score (nSPS) is 16.6. The van der Waals surface area contributed by atoms with E-state index < -0.39 is 6.09 Å². The molecule has 1 heterocycles. The minimum absolute atomic E-state index is 0.0208. The Bertz CT molecular complexity index is 270. The third kappa shape index (κ3) is 4.22. The van der Waals surface area contributed by atoms with Crippen LogP contribution >= 0.6 is 0 Å². The molecule has 6 heteroatoms. The van der Waals surface area contributed by atoms with Gasteiger partial charge in [0.05, 0.1) is 6.61 Å². The van der Waals surface area contributed by atoms with Gasteiger partial charge in [-0.3, -0.25) is 4.79 Å². The molecule has 2 amide bonds. The Hall–Kier alpha value is -1.30. The molecule has 1 saturated heterocycles. The van der Waals surface area contributed by atoms with E-state index in [4.69, 9.17) is 9.84 Å². The molecule has 0 atom stereocenters. The van der Waals surface area contributed by atoms with Crippen molar-refractivity contribution in [3.63, 3.8) is 0 Å². The summed E-state index contributed by atoms with van der Waals surface area (Å²) in [5, 5.41) is 8.57. The largest absolute Gasteiger partial charge is 0.447 e. The molecule has 0 saturated carbocycles. The molecule has 6 nitrogen and oxygen atoms in total. The second-order valence-electron chi connectivity index (χ2n) is 3.91. The van der Waals surface area contributed by atoms with Gasteiger partial charge in [-0.2, -0.15) is 0 Å². The molecule has 0 spiro atoms. The van der Waals surface area contributed by atoms with Crippen molar-refractivity contribution in [2.24, 2.45) is 0 Å². The molecule has 1 aliphatic heterocycles. The molecule has 0 bridgehead atoms. The van der Waals surface area contributed by atoms with E-state index in [1.807, 2.05) is 6.92 Å². The fourth-order valence-corrected chi connectivity index (χ4v) is 1.80. The van der Waals surface area contributed by atoms with Gasteiger partial charge in [0.2, 0.25) is 5.91 Å². The van der Waals surface area contributed by atoms with Crippen LogP contribution in [0.1, 0.15) is 19.8 Å². The third-order valence-electron chi connectivity index (χ3n) is 2.73. The highest BCUT2D eigenvalue weighted by atomic mass is 16.6. The average Bonchev–Trinajstić information content (AvgIpc) is 2.60. The fourth-order valence-electron chi connectivity index (χ4n) is 1.80. The summed E-state index contributed by atoms with van der Waals surface area (Å²) >= 11 is 0. The van der Waals surface area contributed by atoms with Crippen LogP contribution in [0, 0.1) is 0 Å². The highest BCUT2D eigenvalue weighted by Crippen LogP contribution is 2.06. The lowest BCUT2D eigenvalue weighted by Crippen LogP contribution is -2.37. The van der Waals surface area contributed by atoms with Crippen molar-refractivity contribution in [3.05, 3.63) is 0 Å². The molecule has 98 valence electrons. The monoisotopic (exact) mass is 244 g/mol. The maximum Gasteiger partial charge on any atom is 0.409 e. The summed E-state index contributed by atoms with van der Waals surface area (Å²) in [4.78, 5) is 26.4. The molecular weight excluding hydrogens is 224 g/mol. The number of aliphatic hydroxyl groups excluding tert-OH is 1. The second-order valence-corrected chi connectivity index (χ2v) is 3.91. The first-order valence-electron chi connectivity index (χ1n) is 5.99. The van der Waals surface area contributed by atoms with Crippen LogP contribution < -0.4 is 0 Å². The number of aliphatic hydroxyl groups is 1. The Morgan fingerprint density at radius 3 is 2.47 bits per heavy atom. The SMILES string of the molecule is CCC(=O)N1CCCN(C(=O)OCCO)CC1. The number of nitrogens with zero attached hydrogens (tertiary/aromatic N) is 2. The Labute approximate surface area is 101 Å². The Kier molecular flexibility index (Phi) is 5.76. The molecule has 0 aliphatic carbocycles. The fraction of sp³-hybridized carbons (Fsp3) is 0.818. The number of carbonyl (C=O) groups excluding carboxylic acids is 2. The van der Waals surface area contributed by atoms with Gasteiger partial charge in [-0.05, 0) is 6.42 Å². The summed E-state index contributed by atoms with van der Waals surface area (Å²) in [6, 6.07) is 0. The molecule has 1 aliphatic rings. The number of amides is 2. The highest BCUT2D eigenvalue weighted by Gasteiger charge is 2.21. The zero-order chi connectivity index (χ0) is 12.7. The van der Waals surface area contributed by atoms with Crippen LogP contribution in [0.4, 0.5) is 4.79 Å². The van der Waals surface area contributed by atoms with Crippen LogP contribution in [0.2, 0.25) is 0 Å². The van der Waals surface area contributed by atoms with Crippen molar-refractivity contribution < 1.29 is 19.4 Å². The maximum atomic E-state index is 11.5. The van der Waals surface area contributed by atoms with Crippen LogP contribution in [-0.4, -0.2) is 66.3 Å². The van der Waals surface area contributed by atoms with Gasteiger partial charge in [-0.15, -0.1) is 0 Å². The molecular formula is C11H20N2O4. The number of hydrogen-bond donors (Lipinski definition) is 1. The minimum Gasteiger partial charge on any atom is -0.447 e. The molecule has 0 aromatic carbocycles. The number of rotatable bonds is 3. The van der Waals surface area contributed by atoms with Crippen LogP contribution in [0.3, 0.4) is 0 Å². The van der Waals surface area contributed by atoms with Crippen LogP contribution in [0.25, 0.3) is 0 Å². The van der Waals surface area contributed by atoms with Crippen molar-refractivity contribution in [1.82, 2.24) is 9.80 Å². The summed E-state index contributed by atoms with van der Waals surface area (Å²) < 4.78 is 4.84. The van der Waals surface area contributed by atoms with Gasteiger partial charge in [0.15, 0.2) is 0 Å². The highest BCUT2D eigenvalue weighted by molar-refractivity contribution is 5.76. The van der Waals surface area contributed by atoms with E-state index in [-0.39, 0.29) is 19.1 Å². The van der Waals surface area contributed by atoms with E-state index >= 15 is 0 Å². The third-order valence-corrected chi connectivity index (χ3v) is 2.73. The van der Waals surface area contributed by atoms with Gasteiger partial charge >= 0.3 is 6.09 Å². The molecule has 0 radical (unpaired) electrons. The van der Waals surface area contributed by atoms with Crippen LogP contribution in [0.5, 0.6) is 0 Å². The molecule has 1 N–H and O–H groups in total. The molecule has 1 fully saturated rings. The van der Waals surface area contributed by atoms with Gasteiger partial charge in [-0.1, -0.05) is 6.92 Å². The first-order chi connectivity index (χ1) is 8.19. The molecule has 0 aromatic rings. The number of carbonyl (C=O) groups is 2. The first kappa shape index (κ1) is 13.8. The van der Waals surface area contributed by atoms with Crippen LogP contribution in [-0.2, 0) is 9.53 Å². The lowest BCUT2D eigenvalue weighted by Gasteiger charge is -2.21.